The van der Waals surface area contributed by atoms with Crippen LogP contribution in [0.2, 0.25) is 0 Å². The quantitative estimate of drug-likeness (QED) is 0.785. The molecule has 0 radical (unpaired) electrons. The Morgan fingerprint density at radius 1 is 1.32 bits per heavy atom. The molecule has 1 fully saturated rings. The smallest absolute Gasteiger partial charge is 0.341 e. The highest BCUT2D eigenvalue weighted by atomic mass is 19.1. The first-order chi connectivity index (χ1) is 13.5. The molecule has 3 heterocycles. The van der Waals surface area contributed by atoms with Crippen LogP contribution in [-0.2, 0) is 0 Å². The number of rotatable bonds is 4. The average Bonchev–Trinajstić information content (AvgIpc) is 3.30. The van der Waals surface area contributed by atoms with E-state index in [9.17, 15) is 19.1 Å². The van der Waals surface area contributed by atoms with Crippen molar-refractivity contribution >= 4 is 22.8 Å². The SMILES string of the molecule is CNC1CCC2=C1CN(c1nc3c(cc1F)c(=O)c(C(=O)O)cn3C1CC1)C2. The van der Waals surface area contributed by atoms with Gasteiger partial charge in [-0.15, -0.1) is 0 Å². The number of fused-ring (bicyclic) bond motifs is 1. The fourth-order valence-corrected chi connectivity index (χ4v) is 4.51. The lowest BCUT2D eigenvalue weighted by molar-refractivity contribution is 0.0695. The van der Waals surface area contributed by atoms with Crippen LogP contribution in [0.1, 0.15) is 42.1 Å². The molecule has 3 aliphatic rings. The predicted molar refractivity (Wildman–Crippen MR) is 103 cm³/mol. The number of aromatic carboxylic acids is 1. The third-order valence-corrected chi connectivity index (χ3v) is 6.11. The Morgan fingerprint density at radius 3 is 2.79 bits per heavy atom. The molecule has 1 atom stereocenters. The zero-order chi connectivity index (χ0) is 19.6. The minimum Gasteiger partial charge on any atom is -0.477 e. The molecule has 28 heavy (non-hydrogen) atoms. The summed E-state index contributed by atoms with van der Waals surface area (Å²) in [5.41, 5.74) is 1.99. The van der Waals surface area contributed by atoms with Gasteiger partial charge < -0.3 is 19.9 Å². The number of likely N-dealkylation sites (N-methyl/N-ethyl adjacent to an activating group) is 1. The zero-order valence-corrected chi connectivity index (χ0v) is 15.5. The molecule has 0 aromatic carbocycles. The molecule has 2 aliphatic carbocycles. The lowest BCUT2D eigenvalue weighted by Gasteiger charge is -2.23. The number of hydrogen-bond acceptors (Lipinski definition) is 5. The summed E-state index contributed by atoms with van der Waals surface area (Å²) < 4.78 is 16.7. The molecule has 8 heteroatoms. The number of carboxylic acids is 1. The lowest BCUT2D eigenvalue weighted by Crippen LogP contribution is -2.31. The summed E-state index contributed by atoms with van der Waals surface area (Å²) in [5.74, 6) is -1.66. The second-order valence-corrected chi connectivity index (χ2v) is 7.85. The minimum absolute atomic E-state index is 0.0286. The predicted octanol–water partition coefficient (Wildman–Crippen LogP) is 2.07. The topological polar surface area (TPSA) is 87.5 Å². The number of pyridine rings is 2. The monoisotopic (exact) mass is 384 g/mol. The van der Waals surface area contributed by atoms with E-state index in [0.29, 0.717) is 24.8 Å². The summed E-state index contributed by atoms with van der Waals surface area (Å²) in [5, 5.41) is 12.7. The Hall–Kier alpha value is -2.74. The molecule has 2 aromatic rings. The van der Waals surface area contributed by atoms with Gasteiger partial charge in [0.25, 0.3) is 0 Å². The maximum atomic E-state index is 15.0. The van der Waals surface area contributed by atoms with Crippen molar-refractivity contribution in [2.45, 2.75) is 37.8 Å². The van der Waals surface area contributed by atoms with Crippen LogP contribution in [0.4, 0.5) is 10.2 Å². The van der Waals surface area contributed by atoms with Gasteiger partial charge in [-0.2, -0.15) is 0 Å². The van der Waals surface area contributed by atoms with Gasteiger partial charge in [0.15, 0.2) is 11.6 Å². The van der Waals surface area contributed by atoms with E-state index in [4.69, 9.17) is 0 Å². The molecule has 5 rings (SSSR count). The van der Waals surface area contributed by atoms with Crippen LogP contribution in [-0.4, -0.2) is 46.8 Å². The molecule has 0 bridgehead atoms. The van der Waals surface area contributed by atoms with Gasteiger partial charge in [0, 0.05) is 31.4 Å². The second-order valence-electron chi connectivity index (χ2n) is 7.85. The Labute approximate surface area is 160 Å². The number of hydrogen-bond donors (Lipinski definition) is 2. The molecule has 0 saturated heterocycles. The van der Waals surface area contributed by atoms with Crippen LogP contribution in [0.3, 0.4) is 0 Å². The molecule has 7 nitrogen and oxygen atoms in total. The van der Waals surface area contributed by atoms with E-state index in [0.717, 1.165) is 31.7 Å². The Kier molecular flexibility index (Phi) is 3.80. The largest absolute Gasteiger partial charge is 0.477 e. The fourth-order valence-electron chi connectivity index (χ4n) is 4.51. The first-order valence-corrected chi connectivity index (χ1v) is 9.59. The summed E-state index contributed by atoms with van der Waals surface area (Å²) in [6.07, 6.45) is 5.23. The fraction of sp³-hybridized carbons (Fsp3) is 0.450. The van der Waals surface area contributed by atoms with Crippen LogP contribution >= 0.6 is 0 Å². The van der Waals surface area contributed by atoms with Crippen molar-refractivity contribution in [1.82, 2.24) is 14.9 Å². The first-order valence-electron chi connectivity index (χ1n) is 9.59. The molecule has 0 spiro atoms. The van der Waals surface area contributed by atoms with Gasteiger partial charge in [0.1, 0.15) is 11.2 Å². The van der Waals surface area contributed by atoms with Crippen molar-refractivity contribution in [3.05, 3.63) is 45.0 Å². The molecule has 2 N–H and O–H groups in total. The standard InChI is InChI=1S/C20H21FN4O3/c1-22-16-5-2-10-7-24(8-13(10)16)19-15(21)6-12-17(26)14(20(27)28)9-25(11-3-4-11)18(12)23-19/h6,9,11,16,22H,2-5,7-8H2,1H3,(H,27,28). The number of aromatic nitrogens is 2. The summed E-state index contributed by atoms with van der Waals surface area (Å²) in [7, 11) is 1.94. The lowest BCUT2D eigenvalue weighted by atomic mass is 10.1. The van der Waals surface area contributed by atoms with Crippen LogP contribution < -0.4 is 15.6 Å². The van der Waals surface area contributed by atoms with Crippen LogP contribution in [0, 0.1) is 5.82 Å². The van der Waals surface area contributed by atoms with Crippen molar-refractivity contribution in [3.8, 4) is 0 Å². The molecule has 1 aliphatic heterocycles. The van der Waals surface area contributed by atoms with Crippen molar-refractivity contribution in [3.63, 3.8) is 0 Å². The number of carboxylic acid groups (broad SMARTS) is 1. The van der Waals surface area contributed by atoms with E-state index in [1.165, 1.54) is 17.3 Å². The summed E-state index contributed by atoms with van der Waals surface area (Å²) in [6, 6.07) is 1.60. The molecule has 1 unspecified atom stereocenters. The highest BCUT2D eigenvalue weighted by molar-refractivity contribution is 5.92. The molecular weight excluding hydrogens is 363 g/mol. The molecule has 1 saturated carbocycles. The van der Waals surface area contributed by atoms with Crippen molar-refractivity contribution in [1.29, 1.82) is 0 Å². The van der Waals surface area contributed by atoms with Gasteiger partial charge in [-0.25, -0.2) is 14.2 Å². The zero-order valence-electron chi connectivity index (χ0n) is 15.5. The molecular formula is C20H21FN4O3. The third kappa shape index (κ3) is 2.55. The van der Waals surface area contributed by atoms with Crippen LogP contribution in [0.15, 0.2) is 28.2 Å². The van der Waals surface area contributed by atoms with Gasteiger partial charge >= 0.3 is 5.97 Å². The van der Waals surface area contributed by atoms with Gasteiger partial charge in [-0.1, -0.05) is 0 Å². The molecule has 0 amide bonds. The van der Waals surface area contributed by atoms with Crippen molar-refractivity contribution in [2.24, 2.45) is 0 Å². The summed E-state index contributed by atoms with van der Waals surface area (Å²) in [4.78, 5) is 30.4. The third-order valence-electron chi connectivity index (χ3n) is 6.11. The van der Waals surface area contributed by atoms with E-state index in [1.54, 1.807) is 4.57 Å². The Bertz CT molecular complexity index is 1100. The van der Waals surface area contributed by atoms with Crippen molar-refractivity contribution in [2.75, 3.05) is 25.0 Å². The summed E-state index contributed by atoms with van der Waals surface area (Å²) in [6.45, 7) is 1.26. The maximum absolute atomic E-state index is 15.0. The first kappa shape index (κ1) is 17.4. The molecule has 146 valence electrons. The Morgan fingerprint density at radius 2 is 2.11 bits per heavy atom. The number of nitrogens with one attached hydrogen (secondary N) is 1. The highest BCUT2D eigenvalue weighted by Gasteiger charge is 2.34. The van der Waals surface area contributed by atoms with Gasteiger partial charge in [-0.3, -0.25) is 4.79 Å². The minimum atomic E-state index is -1.30. The highest BCUT2D eigenvalue weighted by Crippen LogP contribution is 2.38. The van der Waals surface area contributed by atoms with Gasteiger partial charge in [0.05, 0.1) is 5.39 Å². The van der Waals surface area contributed by atoms with Gasteiger partial charge in [0.2, 0.25) is 5.43 Å². The van der Waals surface area contributed by atoms with E-state index >= 15 is 0 Å². The van der Waals surface area contributed by atoms with Crippen LogP contribution in [0.25, 0.3) is 11.0 Å². The van der Waals surface area contributed by atoms with Crippen LogP contribution in [0.5, 0.6) is 0 Å². The Balaban J connectivity index is 1.61. The number of carbonyl (C=O) groups is 1. The number of anilines is 1. The molecule has 2 aromatic heterocycles. The number of nitrogens with zero attached hydrogens (tertiary/aromatic N) is 3. The maximum Gasteiger partial charge on any atom is 0.341 e. The van der Waals surface area contributed by atoms with E-state index < -0.39 is 17.2 Å². The second kappa shape index (κ2) is 6.13. The normalized spacial score (nSPS) is 21.6. The average molecular weight is 384 g/mol. The number of halogens is 1. The van der Waals surface area contributed by atoms with E-state index in [2.05, 4.69) is 10.3 Å². The van der Waals surface area contributed by atoms with Gasteiger partial charge in [-0.05, 0) is 49.9 Å². The van der Waals surface area contributed by atoms with Crippen molar-refractivity contribution < 1.29 is 14.3 Å². The summed E-state index contributed by atoms with van der Waals surface area (Å²) >= 11 is 0. The van der Waals surface area contributed by atoms with E-state index in [-0.39, 0.29) is 22.8 Å². The van der Waals surface area contributed by atoms with E-state index in [1.807, 2.05) is 11.9 Å².